The average molecular weight is 244 g/mol. The third-order valence-corrected chi connectivity index (χ3v) is 3.33. The Morgan fingerprint density at radius 3 is 2.59 bits per heavy atom. The molecule has 1 unspecified atom stereocenters. The molecule has 0 bridgehead atoms. The molecule has 0 aromatic rings. The van der Waals surface area contributed by atoms with Crippen LogP contribution in [0, 0.1) is 0 Å². The van der Waals surface area contributed by atoms with Crippen molar-refractivity contribution in [2.75, 3.05) is 53.6 Å². The molecule has 1 N–H and O–H groups in total. The van der Waals surface area contributed by atoms with E-state index in [1.54, 1.807) is 14.2 Å². The molecule has 1 rings (SSSR count). The second-order valence-electron chi connectivity index (χ2n) is 4.79. The predicted molar refractivity (Wildman–Crippen MR) is 70.5 cm³/mol. The molecule has 4 heteroatoms. The van der Waals surface area contributed by atoms with E-state index in [2.05, 4.69) is 10.2 Å². The summed E-state index contributed by atoms with van der Waals surface area (Å²) in [6, 6.07) is 0.689. The molecule has 1 atom stereocenters. The number of hydrogen-bond acceptors (Lipinski definition) is 4. The molecular weight excluding hydrogens is 216 g/mol. The van der Waals surface area contributed by atoms with Crippen LogP contribution in [0.25, 0.3) is 0 Å². The summed E-state index contributed by atoms with van der Waals surface area (Å²) in [7, 11) is 3.54. The fourth-order valence-electron chi connectivity index (χ4n) is 2.32. The van der Waals surface area contributed by atoms with Crippen LogP contribution < -0.4 is 5.32 Å². The molecule has 4 nitrogen and oxygen atoms in total. The lowest BCUT2D eigenvalue weighted by Gasteiger charge is -2.25. The Kier molecular flexibility index (Phi) is 8.61. The van der Waals surface area contributed by atoms with Gasteiger partial charge in [0.2, 0.25) is 0 Å². The highest BCUT2D eigenvalue weighted by atomic mass is 16.5. The maximum Gasteiger partial charge on any atom is 0.0589 e. The van der Waals surface area contributed by atoms with Crippen molar-refractivity contribution in [1.82, 2.24) is 10.2 Å². The standard InChI is InChI=1S/C13H28N2O2/c1-16-10-4-3-8-15(9-11-17-2)12-13-6-5-7-14-13/h13-14H,3-12H2,1-2H3. The molecule has 0 spiro atoms. The van der Waals surface area contributed by atoms with Crippen LogP contribution in [0.2, 0.25) is 0 Å². The normalized spacial score (nSPS) is 20.3. The molecule has 17 heavy (non-hydrogen) atoms. The first kappa shape index (κ1) is 14.9. The zero-order valence-electron chi connectivity index (χ0n) is 11.4. The van der Waals surface area contributed by atoms with Gasteiger partial charge in [0, 0.05) is 40.0 Å². The number of ether oxygens (including phenoxy) is 2. The second kappa shape index (κ2) is 9.83. The second-order valence-corrected chi connectivity index (χ2v) is 4.79. The molecule has 1 heterocycles. The topological polar surface area (TPSA) is 33.7 Å². The molecule has 1 aliphatic heterocycles. The van der Waals surface area contributed by atoms with Crippen molar-refractivity contribution in [3.63, 3.8) is 0 Å². The molecule has 102 valence electrons. The Morgan fingerprint density at radius 2 is 1.94 bits per heavy atom. The van der Waals surface area contributed by atoms with Crippen molar-refractivity contribution in [1.29, 1.82) is 0 Å². The lowest BCUT2D eigenvalue weighted by molar-refractivity contribution is 0.136. The maximum atomic E-state index is 5.18. The molecule has 1 fully saturated rings. The SMILES string of the molecule is COCCCCN(CCOC)CC1CCCN1. The monoisotopic (exact) mass is 244 g/mol. The minimum Gasteiger partial charge on any atom is -0.385 e. The molecule has 0 aromatic heterocycles. The van der Waals surface area contributed by atoms with Crippen LogP contribution in [0.15, 0.2) is 0 Å². The summed E-state index contributed by atoms with van der Waals surface area (Å²) >= 11 is 0. The Bertz CT molecular complexity index is 173. The van der Waals surface area contributed by atoms with Crippen LogP contribution >= 0.6 is 0 Å². The van der Waals surface area contributed by atoms with Gasteiger partial charge in [0.05, 0.1) is 6.61 Å². The molecule has 0 aromatic carbocycles. The summed E-state index contributed by atoms with van der Waals surface area (Å²) in [5.41, 5.74) is 0. The van der Waals surface area contributed by atoms with Crippen LogP contribution in [0.3, 0.4) is 0 Å². The molecule has 0 amide bonds. The lowest BCUT2D eigenvalue weighted by Crippen LogP contribution is -2.39. The third kappa shape index (κ3) is 6.99. The molecule has 0 aliphatic carbocycles. The lowest BCUT2D eigenvalue weighted by atomic mass is 10.2. The van der Waals surface area contributed by atoms with Crippen LogP contribution in [0.5, 0.6) is 0 Å². The Labute approximate surface area is 106 Å². The van der Waals surface area contributed by atoms with E-state index < -0.39 is 0 Å². The fraction of sp³-hybridized carbons (Fsp3) is 1.00. The zero-order chi connectivity index (χ0) is 12.3. The summed E-state index contributed by atoms with van der Waals surface area (Å²) in [6.45, 7) is 6.26. The van der Waals surface area contributed by atoms with Crippen molar-refractivity contribution < 1.29 is 9.47 Å². The molecule has 1 aliphatic rings. The smallest absolute Gasteiger partial charge is 0.0589 e. The van der Waals surface area contributed by atoms with E-state index in [1.165, 1.54) is 25.8 Å². The minimum atomic E-state index is 0.689. The highest BCUT2D eigenvalue weighted by molar-refractivity contribution is 4.77. The largest absolute Gasteiger partial charge is 0.385 e. The zero-order valence-corrected chi connectivity index (χ0v) is 11.4. The summed E-state index contributed by atoms with van der Waals surface area (Å²) < 4.78 is 10.3. The van der Waals surface area contributed by atoms with Gasteiger partial charge in [-0.2, -0.15) is 0 Å². The predicted octanol–water partition coefficient (Wildman–Crippen LogP) is 1.11. The van der Waals surface area contributed by atoms with Crippen LogP contribution in [0.1, 0.15) is 25.7 Å². The van der Waals surface area contributed by atoms with Gasteiger partial charge >= 0.3 is 0 Å². The van der Waals surface area contributed by atoms with Gasteiger partial charge in [-0.3, -0.25) is 4.90 Å². The Balaban J connectivity index is 2.16. The van der Waals surface area contributed by atoms with E-state index >= 15 is 0 Å². The van der Waals surface area contributed by atoms with Crippen molar-refractivity contribution in [3.8, 4) is 0 Å². The first-order valence-corrected chi connectivity index (χ1v) is 6.80. The van der Waals surface area contributed by atoms with Gasteiger partial charge < -0.3 is 14.8 Å². The van der Waals surface area contributed by atoms with Gasteiger partial charge in [-0.25, -0.2) is 0 Å². The summed E-state index contributed by atoms with van der Waals surface area (Å²) in [6.07, 6.45) is 5.01. The van der Waals surface area contributed by atoms with Gasteiger partial charge in [-0.05, 0) is 38.8 Å². The van der Waals surface area contributed by atoms with Crippen molar-refractivity contribution in [2.24, 2.45) is 0 Å². The van der Waals surface area contributed by atoms with E-state index in [4.69, 9.17) is 9.47 Å². The first-order chi connectivity index (χ1) is 8.36. The van der Waals surface area contributed by atoms with Crippen molar-refractivity contribution in [2.45, 2.75) is 31.7 Å². The molecular formula is C13H28N2O2. The average Bonchev–Trinajstić information content (AvgIpc) is 2.84. The highest BCUT2D eigenvalue weighted by Gasteiger charge is 2.17. The molecule has 1 saturated heterocycles. The third-order valence-electron chi connectivity index (χ3n) is 3.33. The van der Waals surface area contributed by atoms with Crippen molar-refractivity contribution in [3.05, 3.63) is 0 Å². The highest BCUT2D eigenvalue weighted by Crippen LogP contribution is 2.07. The number of methoxy groups -OCH3 is 2. The van der Waals surface area contributed by atoms with E-state index in [0.717, 1.165) is 39.3 Å². The summed E-state index contributed by atoms with van der Waals surface area (Å²) in [4.78, 5) is 2.52. The summed E-state index contributed by atoms with van der Waals surface area (Å²) in [5.74, 6) is 0. The van der Waals surface area contributed by atoms with E-state index in [0.29, 0.717) is 6.04 Å². The fourth-order valence-corrected chi connectivity index (χ4v) is 2.32. The Hall–Kier alpha value is -0.160. The van der Waals surface area contributed by atoms with Gasteiger partial charge in [0.1, 0.15) is 0 Å². The summed E-state index contributed by atoms with van der Waals surface area (Å²) in [5, 5.41) is 3.56. The van der Waals surface area contributed by atoms with Crippen LogP contribution in [0.4, 0.5) is 0 Å². The number of rotatable bonds is 10. The van der Waals surface area contributed by atoms with Crippen LogP contribution in [-0.2, 0) is 9.47 Å². The quantitative estimate of drug-likeness (QED) is 0.584. The van der Waals surface area contributed by atoms with E-state index in [-0.39, 0.29) is 0 Å². The number of unbranched alkanes of at least 4 members (excludes halogenated alkanes) is 1. The number of hydrogen-bond donors (Lipinski definition) is 1. The van der Waals surface area contributed by atoms with Gasteiger partial charge in [0.25, 0.3) is 0 Å². The molecule has 0 radical (unpaired) electrons. The van der Waals surface area contributed by atoms with Gasteiger partial charge in [0.15, 0.2) is 0 Å². The molecule has 0 saturated carbocycles. The first-order valence-electron chi connectivity index (χ1n) is 6.80. The number of nitrogens with one attached hydrogen (secondary N) is 1. The van der Waals surface area contributed by atoms with Crippen LogP contribution in [-0.4, -0.2) is 64.6 Å². The van der Waals surface area contributed by atoms with E-state index in [1.807, 2.05) is 0 Å². The Morgan fingerprint density at radius 1 is 1.12 bits per heavy atom. The van der Waals surface area contributed by atoms with Gasteiger partial charge in [-0.15, -0.1) is 0 Å². The number of nitrogens with zero attached hydrogens (tertiary/aromatic N) is 1. The van der Waals surface area contributed by atoms with Crippen molar-refractivity contribution >= 4 is 0 Å². The van der Waals surface area contributed by atoms with E-state index in [9.17, 15) is 0 Å². The minimum absolute atomic E-state index is 0.689. The van der Waals surface area contributed by atoms with Gasteiger partial charge in [-0.1, -0.05) is 0 Å². The maximum absolute atomic E-state index is 5.18.